The van der Waals surface area contributed by atoms with Crippen molar-refractivity contribution in [3.05, 3.63) is 120 Å². The Balaban J connectivity index is 1.31. The number of carbonyl (C=O) groups excluding carboxylic acids is 1. The van der Waals surface area contributed by atoms with Crippen LogP contribution < -0.4 is 10.1 Å². The average Bonchev–Trinajstić information content (AvgIpc) is 3.32. The van der Waals surface area contributed by atoms with Gasteiger partial charge >= 0.3 is 0 Å². The van der Waals surface area contributed by atoms with Gasteiger partial charge in [0.15, 0.2) is 5.13 Å². The molecule has 4 nitrogen and oxygen atoms in total. The van der Waals surface area contributed by atoms with Crippen molar-refractivity contribution in [1.29, 1.82) is 0 Å². The summed E-state index contributed by atoms with van der Waals surface area (Å²) in [4.78, 5) is 18.9. The molecule has 0 radical (unpaired) electrons. The second kappa shape index (κ2) is 11.0. The molecule has 0 unspecified atom stereocenters. The number of rotatable bonds is 8. The summed E-state index contributed by atoms with van der Waals surface area (Å²) in [6, 6.07) is 35.5. The van der Waals surface area contributed by atoms with Crippen LogP contribution in [0.15, 0.2) is 109 Å². The van der Waals surface area contributed by atoms with E-state index in [0.29, 0.717) is 16.4 Å². The van der Waals surface area contributed by atoms with Crippen LogP contribution in [-0.4, -0.2) is 10.9 Å². The van der Waals surface area contributed by atoms with Gasteiger partial charge in [0.25, 0.3) is 5.91 Å². The smallest absolute Gasteiger partial charge is 0.257 e. The number of hydrogen-bond donors (Lipinski definition) is 1. The predicted octanol–water partition coefficient (Wildman–Crippen LogP) is 8.47. The lowest BCUT2D eigenvalue weighted by Gasteiger charge is -2.06. The second-order valence-electron chi connectivity index (χ2n) is 8.38. The van der Waals surface area contributed by atoms with Crippen LogP contribution in [0, 0.1) is 0 Å². The number of nitrogens with zero attached hydrogens (tertiary/aromatic N) is 1. The molecule has 5 aromatic rings. The molecule has 4 aromatic carbocycles. The molecule has 0 atom stereocenters. The summed E-state index contributed by atoms with van der Waals surface area (Å²) in [5.74, 6) is 1.24. The van der Waals surface area contributed by atoms with Crippen molar-refractivity contribution in [2.75, 3.05) is 5.32 Å². The third kappa shape index (κ3) is 5.53. The van der Waals surface area contributed by atoms with E-state index in [-0.39, 0.29) is 5.91 Å². The Morgan fingerprint density at radius 1 is 0.750 bits per heavy atom. The van der Waals surface area contributed by atoms with E-state index in [4.69, 9.17) is 9.72 Å². The van der Waals surface area contributed by atoms with E-state index >= 15 is 0 Å². The van der Waals surface area contributed by atoms with Crippen LogP contribution >= 0.6 is 11.3 Å². The van der Waals surface area contributed by atoms with Crippen molar-refractivity contribution in [3.63, 3.8) is 0 Å². The first kappa shape index (κ1) is 23.5. The third-order valence-corrected chi connectivity index (χ3v) is 6.79. The average molecular weight is 491 g/mol. The van der Waals surface area contributed by atoms with Crippen LogP contribution in [0.1, 0.15) is 28.6 Å². The summed E-state index contributed by atoms with van der Waals surface area (Å²) in [5.41, 5.74) is 4.89. The summed E-state index contributed by atoms with van der Waals surface area (Å²) in [7, 11) is 0. The molecule has 0 bridgehead atoms. The van der Waals surface area contributed by atoms with E-state index in [0.717, 1.165) is 29.8 Å². The monoisotopic (exact) mass is 490 g/mol. The van der Waals surface area contributed by atoms with Crippen LogP contribution in [0.2, 0.25) is 0 Å². The van der Waals surface area contributed by atoms with E-state index in [1.807, 2.05) is 48.5 Å². The fourth-order valence-electron chi connectivity index (χ4n) is 3.95. The fraction of sp³-hybridized carbons (Fsp3) is 0.0968. The zero-order valence-electron chi connectivity index (χ0n) is 20.0. The first-order chi connectivity index (χ1) is 17.7. The molecule has 1 aromatic heterocycles. The number of aromatic nitrogens is 1. The Bertz CT molecular complexity index is 1430. The van der Waals surface area contributed by atoms with E-state index in [2.05, 4.69) is 48.6 Å². The molecule has 36 heavy (non-hydrogen) atoms. The van der Waals surface area contributed by atoms with Gasteiger partial charge in [-0.25, -0.2) is 4.98 Å². The van der Waals surface area contributed by atoms with Crippen LogP contribution in [0.5, 0.6) is 11.5 Å². The van der Waals surface area contributed by atoms with Crippen LogP contribution in [0.3, 0.4) is 0 Å². The van der Waals surface area contributed by atoms with Crippen molar-refractivity contribution in [2.24, 2.45) is 0 Å². The fourth-order valence-corrected chi connectivity index (χ4v) is 5.03. The van der Waals surface area contributed by atoms with Gasteiger partial charge in [0.05, 0.1) is 5.69 Å². The van der Waals surface area contributed by atoms with Crippen molar-refractivity contribution >= 4 is 22.4 Å². The summed E-state index contributed by atoms with van der Waals surface area (Å²) >= 11 is 1.54. The van der Waals surface area contributed by atoms with E-state index in [1.165, 1.54) is 27.3 Å². The highest BCUT2D eigenvalue weighted by molar-refractivity contribution is 7.16. The molecule has 0 aliphatic heterocycles. The molecule has 5 heteroatoms. The summed E-state index contributed by atoms with van der Waals surface area (Å²) in [5, 5.41) is 3.59. The van der Waals surface area contributed by atoms with Crippen molar-refractivity contribution < 1.29 is 9.53 Å². The number of aryl methyl sites for hydroxylation is 1. The molecular formula is C31H26N2O2S. The highest BCUT2D eigenvalue weighted by Gasteiger charge is 2.16. The molecule has 0 saturated carbocycles. The first-order valence-electron chi connectivity index (χ1n) is 12.0. The number of amides is 1. The van der Waals surface area contributed by atoms with Gasteiger partial charge in [-0.1, -0.05) is 86.1 Å². The molecule has 1 heterocycles. The second-order valence-corrected chi connectivity index (χ2v) is 9.46. The third-order valence-electron chi connectivity index (χ3n) is 5.76. The molecule has 0 saturated heterocycles. The zero-order valence-corrected chi connectivity index (χ0v) is 20.8. The van der Waals surface area contributed by atoms with E-state index < -0.39 is 0 Å². The minimum Gasteiger partial charge on any atom is -0.457 e. The van der Waals surface area contributed by atoms with Crippen molar-refractivity contribution in [1.82, 2.24) is 4.98 Å². The normalized spacial score (nSPS) is 10.7. The molecule has 0 spiro atoms. The molecular weight excluding hydrogens is 464 g/mol. The Morgan fingerprint density at radius 2 is 1.33 bits per heavy atom. The zero-order chi connectivity index (χ0) is 24.7. The van der Waals surface area contributed by atoms with Gasteiger partial charge in [-0.2, -0.15) is 0 Å². The number of thiazole rings is 1. The Kier molecular flexibility index (Phi) is 7.20. The van der Waals surface area contributed by atoms with Crippen LogP contribution in [0.4, 0.5) is 5.13 Å². The Hall–Kier alpha value is -4.22. The van der Waals surface area contributed by atoms with Gasteiger partial charge in [0, 0.05) is 16.0 Å². The maximum atomic E-state index is 12.9. The molecule has 0 aliphatic rings. The molecule has 0 fully saturated rings. The largest absolute Gasteiger partial charge is 0.457 e. The van der Waals surface area contributed by atoms with E-state index in [9.17, 15) is 4.79 Å². The Morgan fingerprint density at radius 3 is 2.00 bits per heavy atom. The number of para-hydroxylation sites is 1. The Labute approximate surface area is 215 Å². The molecule has 178 valence electrons. The number of carbonyl (C=O) groups is 1. The quantitative estimate of drug-likeness (QED) is 0.237. The molecule has 1 N–H and O–H groups in total. The lowest BCUT2D eigenvalue weighted by molar-refractivity contribution is 0.102. The number of benzene rings is 4. The van der Waals surface area contributed by atoms with Gasteiger partial charge in [0.2, 0.25) is 0 Å². The van der Waals surface area contributed by atoms with Gasteiger partial charge in [-0.05, 0) is 53.9 Å². The van der Waals surface area contributed by atoms with Gasteiger partial charge in [0.1, 0.15) is 11.5 Å². The minimum absolute atomic E-state index is 0.191. The summed E-state index contributed by atoms with van der Waals surface area (Å²) in [6.07, 6.45) is 1.92. The van der Waals surface area contributed by atoms with Crippen molar-refractivity contribution in [2.45, 2.75) is 19.8 Å². The van der Waals surface area contributed by atoms with Crippen LogP contribution in [-0.2, 0) is 6.42 Å². The standard InChI is InChI=1S/C31H26N2O2S/c1-2-9-28-29(24-16-14-23(15-17-24)22-10-5-3-6-11-22)32-31(36-28)33-30(34)25-18-20-27(21-19-25)35-26-12-7-4-8-13-26/h3-8,10-21H,2,9H2,1H3,(H,32,33,34). The highest BCUT2D eigenvalue weighted by atomic mass is 32.1. The number of anilines is 1. The lowest BCUT2D eigenvalue weighted by Crippen LogP contribution is -2.11. The van der Waals surface area contributed by atoms with Gasteiger partial charge in [-0.3, -0.25) is 10.1 Å². The predicted molar refractivity (Wildman–Crippen MR) is 148 cm³/mol. The number of ether oxygens (including phenoxy) is 1. The molecule has 5 rings (SSSR count). The highest BCUT2D eigenvalue weighted by Crippen LogP contribution is 2.34. The lowest BCUT2D eigenvalue weighted by atomic mass is 10.0. The van der Waals surface area contributed by atoms with Gasteiger partial charge < -0.3 is 4.74 Å². The SMILES string of the molecule is CCCc1sc(NC(=O)c2ccc(Oc3ccccc3)cc2)nc1-c1ccc(-c2ccccc2)cc1. The maximum absolute atomic E-state index is 12.9. The number of nitrogens with one attached hydrogen (secondary N) is 1. The maximum Gasteiger partial charge on any atom is 0.257 e. The number of hydrogen-bond acceptors (Lipinski definition) is 4. The van der Waals surface area contributed by atoms with Crippen molar-refractivity contribution in [3.8, 4) is 33.9 Å². The molecule has 0 aliphatic carbocycles. The molecule has 1 amide bonds. The first-order valence-corrected chi connectivity index (χ1v) is 12.8. The summed E-state index contributed by atoms with van der Waals surface area (Å²) in [6.45, 7) is 2.15. The summed E-state index contributed by atoms with van der Waals surface area (Å²) < 4.78 is 5.82. The topological polar surface area (TPSA) is 51.2 Å². The minimum atomic E-state index is -0.191. The van der Waals surface area contributed by atoms with Gasteiger partial charge in [-0.15, -0.1) is 11.3 Å². The van der Waals surface area contributed by atoms with Crippen LogP contribution in [0.25, 0.3) is 22.4 Å². The van der Waals surface area contributed by atoms with E-state index in [1.54, 1.807) is 24.3 Å².